The molecule has 0 atom stereocenters. The molecule has 0 aromatic rings. The maximum Gasteiger partial charge on any atom is -0.00978 e. The Morgan fingerprint density at radius 1 is 1.40 bits per heavy atom. The molecule has 0 unspecified atom stereocenters. The number of rotatable bonds is 5. The van der Waals surface area contributed by atoms with E-state index in [4.69, 9.17) is 0 Å². The predicted molar refractivity (Wildman–Crippen MR) is 46.7 cm³/mol. The van der Waals surface area contributed by atoms with E-state index in [1.165, 1.54) is 0 Å². The second-order valence-corrected chi connectivity index (χ2v) is 2.02. The zero-order valence-electron chi connectivity index (χ0n) is 6.64. The van der Waals surface area contributed by atoms with Crippen molar-refractivity contribution in [3.8, 4) is 0 Å². The minimum atomic E-state index is 0.931. The molecule has 0 amide bonds. The third kappa shape index (κ3) is 7.22. The highest BCUT2D eigenvalue weighted by atomic mass is 13.8. The van der Waals surface area contributed by atoms with E-state index in [2.05, 4.69) is 31.7 Å². The van der Waals surface area contributed by atoms with Crippen LogP contribution in [0.2, 0.25) is 0 Å². The van der Waals surface area contributed by atoms with Gasteiger partial charge in [0.15, 0.2) is 0 Å². The predicted octanol–water partition coefficient (Wildman–Crippen LogP) is 3.28. The Hall–Kier alpha value is -0.780. The molecule has 0 heterocycles. The summed E-state index contributed by atoms with van der Waals surface area (Å²) in [5, 5.41) is 0. The minimum Gasteiger partial charge on any atom is -0.103 e. The quantitative estimate of drug-likeness (QED) is 0.507. The van der Waals surface area contributed by atoms with Crippen molar-refractivity contribution in [2.24, 2.45) is 0 Å². The van der Waals surface area contributed by atoms with Gasteiger partial charge in [0.25, 0.3) is 0 Å². The van der Waals surface area contributed by atoms with E-state index in [0.29, 0.717) is 0 Å². The third-order valence-electron chi connectivity index (χ3n) is 1.07. The Balaban J connectivity index is 3.17. The Labute approximate surface area is 64.0 Å². The van der Waals surface area contributed by atoms with Crippen molar-refractivity contribution in [1.82, 2.24) is 0 Å². The van der Waals surface area contributed by atoms with Crippen LogP contribution in [-0.4, -0.2) is 0 Å². The molecule has 0 bridgehead atoms. The van der Waals surface area contributed by atoms with Crippen molar-refractivity contribution >= 4 is 0 Å². The van der Waals surface area contributed by atoms with Gasteiger partial charge in [0, 0.05) is 0 Å². The average molecular weight is 135 g/mol. The largest absolute Gasteiger partial charge is 0.103 e. The van der Waals surface area contributed by atoms with Crippen LogP contribution in [0.4, 0.5) is 0 Å². The first-order valence-electron chi connectivity index (χ1n) is 3.72. The van der Waals surface area contributed by atoms with Crippen LogP contribution in [0.15, 0.2) is 30.9 Å². The van der Waals surface area contributed by atoms with E-state index in [9.17, 15) is 0 Å². The summed E-state index contributed by atoms with van der Waals surface area (Å²) in [4.78, 5) is 0. The van der Waals surface area contributed by atoms with Gasteiger partial charge in [-0.05, 0) is 25.3 Å². The lowest BCUT2D eigenvalue weighted by molar-refractivity contribution is 1.18. The van der Waals surface area contributed by atoms with E-state index >= 15 is 0 Å². The van der Waals surface area contributed by atoms with Gasteiger partial charge in [-0.3, -0.25) is 0 Å². The molecule has 10 heavy (non-hydrogen) atoms. The maximum atomic E-state index is 3.61. The normalized spacial score (nSPS) is 11.3. The SMILES string of the molecule is C=CC/C=[C]/CC=CCC. The smallest absolute Gasteiger partial charge is 0.00978 e. The molecule has 0 nitrogen and oxygen atoms in total. The Morgan fingerprint density at radius 2 is 2.20 bits per heavy atom. The standard InChI is InChI=1S/C10H15/c1-3-5-7-9-10-8-6-4-2/h3,6-8H,1,4-5,10H2,2H3. The van der Waals surface area contributed by atoms with Crippen LogP contribution in [0.1, 0.15) is 26.2 Å². The molecule has 0 fully saturated rings. The highest BCUT2D eigenvalue weighted by molar-refractivity contribution is 4.89. The molecule has 0 heteroatoms. The topological polar surface area (TPSA) is 0 Å². The van der Waals surface area contributed by atoms with Gasteiger partial charge in [0.05, 0.1) is 0 Å². The second kappa shape index (κ2) is 8.22. The van der Waals surface area contributed by atoms with Crippen LogP contribution in [0.5, 0.6) is 0 Å². The van der Waals surface area contributed by atoms with E-state index in [0.717, 1.165) is 19.3 Å². The summed E-state index contributed by atoms with van der Waals surface area (Å²) in [5.74, 6) is 0. The molecule has 0 spiro atoms. The van der Waals surface area contributed by atoms with Gasteiger partial charge in [0.2, 0.25) is 0 Å². The van der Waals surface area contributed by atoms with Crippen molar-refractivity contribution in [3.63, 3.8) is 0 Å². The highest BCUT2D eigenvalue weighted by Gasteiger charge is 1.70. The molecule has 0 saturated heterocycles. The van der Waals surface area contributed by atoms with Gasteiger partial charge in [-0.2, -0.15) is 0 Å². The first-order chi connectivity index (χ1) is 4.91. The lowest BCUT2D eigenvalue weighted by Crippen LogP contribution is -1.60. The first-order valence-corrected chi connectivity index (χ1v) is 3.72. The summed E-state index contributed by atoms with van der Waals surface area (Å²) in [6.45, 7) is 5.73. The lowest BCUT2D eigenvalue weighted by Gasteiger charge is -1.79. The van der Waals surface area contributed by atoms with Crippen LogP contribution >= 0.6 is 0 Å². The fraction of sp³-hybridized carbons (Fsp3) is 0.400. The third-order valence-corrected chi connectivity index (χ3v) is 1.07. The van der Waals surface area contributed by atoms with Crippen LogP contribution in [0.3, 0.4) is 0 Å². The molecule has 1 radical (unpaired) electrons. The molecule has 0 aliphatic carbocycles. The average Bonchev–Trinajstić information content (AvgIpc) is 1.97. The molecule has 0 aromatic heterocycles. The van der Waals surface area contributed by atoms with E-state index in [-0.39, 0.29) is 0 Å². The molecular weight excluding hydrogens is 120 g/mol. The number of hydrogen-bond acceptors (Lipinski definition) is 0. The van der Waals surface area contributed by atoms with Crippen LogP contribution in [0, 0.1) is 6.08 Å². The van der Waals surface area contributed by atoms with Crippen LogP contribution in [0.25, 0.3) is 0 Å². The van der Waals surface area contributed by atoms with Crippen molar-refractivity contribution in [3.05, 3.63) is 37.0 Å². The summed E-state index contributed by atoms with van der Waals surface area (Å²) in [7, 11) is 0. The van der Waals surface area contributed by atoms with E-state index < -0.39 is 0 Å². The molecule has 0 aromatic carbocycles. The first kappa shape index (κ1) is 9.22. The van der Waals surface area contributed by atoms with Gasteiger partial charge in [-0.1, -0.05) is 31.2 Å². The van der Waals surface area contributed by atoms with E-state index in [1.54, 1.807) is 0 Å². The Morgan fingerprint density at radius 3 is 2.80 bits per heavy atom. The summed E-state index contributed by atoms with van der Waals surface area (Å²) < 4.78 is 0. The van der Waals surface area contributed by atoms with Crippen molar-refractivity contribution in [2.75, 3.05) is 0 Å². The second-order valence-electron chi connectivity index (χ2n) is 2.02. The van der Waals surface area contributed by atoms with Crippen LogP contribution < -0.4 is 0 Å². The molecule has 55 valence electrons. The van der Waals surface area contributed by atoms with Gasteiger partial charge in [-0.25, -0.2) is 0 Å². The number of allylic oxidation sites excluding steroid dienone is 5. The van der Waals surface area contributed by atoms with Gasteiger partial charge in [0.1, 0.15) is 0 Å². The summed E-state index contributed by atoms with van der Waals surface area (Å²) in [6, 6.07) is 0. The van der Waals surface area contributed by atoms with Crippen molar-refractivity contribution < 1.29 is 0 Å². The van der Waals surface area contributed by atoms with E-state index in [1.807, 2.05) is 12.2 Å². The number of hydrogen-bond donors (Lipinski definition) is 0. The highest BCUT2D eigenvalue weighted by Crippen LogP contribution is 1.89. The molecule has 0 aliphatic rings. The summed E-state index contributed by atoms with van der Waals surface area (Å²) in [5.41, 5.74) is 0. The molecule has 0 saturated carbocycles. The summed E-state index contributed by atoms with van der Waals surface area (Å²) in [6.07, 6.45) is 14.3. The Bertz CT molecular complexity index is 118. The zero-order valence-corrected chi connectivity index (χ0v) is 6.64. The van der Waals surface area contributed by atoms with Crippen LogP contribution in [-0.2, 0) is 0 Å². The fourth-order valence-corrected chi connectivity index (χ4v) is 0.568. The van der Waals surface area contributed by atoms with Gasteiger partial charge >= 0.3 is 0 Å². The lowest BCUT2D eigenvalue weighted by atomic mass is 10.3. The minimum absolute atomic E-state index is 0.931. The fourth-order valence-electron chi connectivity index (χ4n) is 0.568. The molecule has 0 N–H and O–H groups in total. The van der Waals surface area contributed by atoms with Crippen molar-refractivity contribution in [2.45, 2.75) is 26.2 Å². The Kier molecular flexibility index (Phi) is 7.58. The summed E-state index contributed by atoms with van der Waals surface area (Å²) >= 11 is 0. The zero-order chi connectivity index (χ0) is 7.66. The van der Waals surface area contributed by atoms with Crippen molar-refractivity contribution in [1.29, 1.82) is 0 Å². The van der Waals surface area contributed by atoms with Gasteiger partial charge < -0.3 is 0 Å². The molecule has 0 rings (SSSR count). The molecule has 0 aliphatic heterocycles. The maximum absolute atomic E-state index is 3.61. The molecular formula is C10H15. The van der Waals surface area contributed by atoms with Gasteiger partial charge in [-0.15, -0.1) is 6.58 Å². The monoisotopic (exact) mass is 135 g/mol.